The molecule has 1 saturated carbocycles. The first-order chi connectivity index (χ1) is 9.05. The smallest absolute Gasteiger partial charge is 0.129 e. The summed E-state index contributed by atoms with van der Waals surface area (Å²) in [6, 6.07) is 4.88. The number of rotatable bonds is 3. The van der Waals surface area contributed by atoms with Gasteiger partial charge < -0.3 is 5.73 Å². The topological polar surface area (TPSA) is 26.0 Å². The Hall–Kier alpha value is -0.600. The fraction of sp³-hybridized carbons (Fsp3) is 0.625. The Morgan fingerprint density at radius 3 is 2.84 bits per heavy atom. The summed E-state index contributed by atoms with van der Waals surface area (Å²) in [5.41, 5.74) is 6.62. The predicted octanol–water partition coefficient (Wildman–Crippen LogP) is 5.01. The van der Waals surface area contributed by atoms with Gasteiger partial charge in [-0.2, -0.15) is 0 Å². The van der Waals surface area contributed by atoms with Gasteiger partial charge in [0.2, 0.25) is 0 Å². The largest absolute Gasteiger partial charge is 0.321 e. The van der Waals surface area contributed by atoms with Crippen LogP contribution in [0.5, 0.6) is 0 Å². The second-order valence-corrected chi connectivity index (χ2v) is 6.30. The highest BCUT2D eigenvalue weighted by molar-refractivity contribution is 6.30. The third-order valence-electron chi connectivity index (χ3n) is 4.40. The molecule has 19 heavy (non-hydrogen) atoms. The van der Waals surface area contributed by atoms with Gasteiger partial charge in [-0.15, -0.1) is 0 Å². The van der Waals surface area contributed by atoms with E-state index in [1.807, 2.05) is 0 Å². The van der Waals surface area contributed by atoms with Crippen molar-refractivity contribution in [1.29, 1.82) is 0 Å². The second-order valence-electron chi connectivity index (χ2n) is 5.87. The summed E-state index contributed by atoms with van der Waals surface area (Å²) < 4.78 is 14.1. The second kappa shape index (κ2) is 6.23. The molecule has 0 bridgehead atoms. The highest BCUT2D eigenvalue weighted by Crippen LogP contribution is 2.38. The van der Waals surface area contributed by atoms with E-state index < -0.39 is 5.54 Å². The molecule has 1 aromatic carbocycles. The van der Waals surface area contributed by atoms with Crippen LogP contribution in [-0.4, -0.2) is 0 Å². The summed E-state index contributed by atoms with van der Waals surface area (Å²) in [6.07, 6.45) is 7.64. The van der Waals surface area contributed by atoms with Gasteiger partial charge in [-0.3, -0.25) is 0 Å². The first kappa shape index (κ1) is 14.8. The molecule has 2 atom stereocenters. The summed E-state index contributed by atoms with van der Waals surface area (Å²) in [5, 5.41) is 0.433. The molecular weight excluding hydrogens is 261 g/mol. The van der Waals surface area contributed by atoms with Crippen molar-refractivity contribution in [2.24, 2.45) is 11.7 Å². The van der Waals surface area contributed by atoms with Crippen LogP contribution in [0.15, 0.2) is 18.2 Å². The minimum Gasteiger partial charge on any atom is -0.321 e. The molecule has 0 amide bonds. The van der Waals surface area contributed by atoms with Crippen LogP contribution >= 0.6 is 11.6 Å². The molecule has 1 aromatic rings. The lowest BCUT2D eigenvalue weighted by Gasteiger charge is -2.29. The lowest BCUT2D eigenvalue weighted by Crippen LogP contribution is -2.37. The van der Waals surface area contributed by atoms with Crippen molar-refractivity contribution in [3.8, 4) is 0 Å². The van der Waals surface area contributed by atoms with Crippen molar-refractivity contribution in [1.82, 2.24) is 0 Å². The molecule has 1 nitrogen and oxygen atoms in total. The van der Waals surface area contributed by atoms with Gasteiger partial charge in [0.1, 0.15) is 5.82 Å². The summed E-state index contributed by atoms with van der Waals surface area (Å²) in [5.74, 6) is 0.495. The van der Waals surface area contributed by atoms with Crippen molar-refractivity contribution >= 4 is 11.6 Å². The van der Waals surface area contributed by atoms with E-state index in [1.54, 1.807) is 12.1 Å². The lowest BCUT2D eigenvalue weighted by molar-refractivity contribution is 0.354. The minimum absolute atomic E-state index is 0.260. The average molecular weight is 284 g/mol. The Balaban J connectivity index is 2.17. The fourth-order valence-electron chi connectivity index (χ4n) is 3.30. The molecule has 3 heteroatoms. The van der Waals surface area contributed by atoms with Crippen LogP contribution in [0.3, 0.4) is 0 Å². The SMILES string of the molecule is CCCC1CCCC(N)(c2ccc(Cl)cc2F)CC1. The highest BCUT2D eigenvalue weighted by atomic mass is 35.5. The van der Waals surface area contributed by atoms with Crippen molar-refractivity contribution in [3.63, 3.8) is 0 Å². The van der Waals surface area contributed by atoms with Crippen molar-refractivity contribution < 1.29 is 4.39 Å². The third kappa shape index (κ3) is 3.49. The molecule has 1 aliphatic rings. The van der Waals surface area contributed by atoms with E-state index in [9.17, 15) is 4.39 Å². The maximum absolute atomic E-state index is 14.1. The normalized spacial score (nSPS) is 28.1. The first-order valence-electron chi connectivity index (χ1n) is 7.29. The zero-order valence-electron chi connectivity index (χ0n) is 11.6. The third-order valence-corrected chi connectivity index (χ3v) is 4.63. The van der Waals surface area contributed by atoms with Crippen LogP contribution in [0.1, 0.15) is 57.4 Å². The van der Waals surface area contributed by atoms with Crippen molar-refractivity contribution in [3.05, 3.63) is 34.6 Å². The van der Waals surface area contributed by atoms with Gasteiger partial charge in [-0.05, 0) is 37.3 Å². The van der Waals surface area contributed by atoms with Gasteiger partial charge in [-0.25, -0.2) is 4.39 Å². The molecule has 2 unspecified atom stereocenters. The molecule has 2 rings (SSSR count). The van der Waals surface area contributed by atoms with Gasteiger partial charge in [-0.1, -0.05) is 50.3 Å². The molecule has 0 aromatic heterocycles. The van der Waals surface area contributed by atoms with Crippen molar-refractivity contribution in [2.75, 3.05) is 0 Å². The highest BCUT2D eigenvalue weighted by Gasteiger charge is 2.32. The van der Waals surface area contributed by atoms with E-state index in [-0.39, 0.29) is 5.82 Å². The van der Waals surface area contributed by atoms with Crippen LogP contribution in [-0.2, 0) is 5.54 Å². The average Bonchev–Trinajstić information content (AvgIpc) is 2.53. The molecule has 0 radical (unpaired) electrons. The fourth-order valence-corrected chi connectivity index (χ4v) is 3.46. The van der Waals surface area contributed by atoms with E-state index >= 15 is 0 Å². The number of hydrogen-bond acceptors (Lipinski definition) is 1. The van der Waals surface area contributed by atoms with Gasteiger partial charge in [0.15, 0.2) is 0 Å². The predicted molar refractivity (Wildman–Crippen MR) is 78.8 cm³/mol. The number of benzene rings is 1. The van der Waals surface area contributed by atoms with Crippen LogP contribution in [0.25, 0.3) is 0 Å². The van der Waals surface area contributed by atoms with Gasteiger partial charge >= 0.3 is 0 Å². The molecule has 2 N–H and O–H groups in total. The standard InChI is InChI=1S/C16H23ClFN/c1-2-4-12-5-3-9-16(19,10-8-12)14-7-6-13(17)11-15(14)18/h6-7,11-12H,2-5,8-10,19H2,1H3. The summed E-state index contributed by atoms with van der Waals surface area (Å²) in [7, 11) is 0. The number of halogens is 2. The molecule has 0 spiro atoms. The molecular formula is C16H23ClFN. The minimum atomic E-state index is -0.517. The van der Waals surface area contributed by atoms with E-state index in [4.69, 9.17) is 17.3 Å². The van der Waals surface area contributed by atoms with Gasteiger partial charge in [0.25, 0.3) is 0 Å². The maximum Gasteiger partial charge on any atom is 0.129 e. The number of nitrogens with two attached hydrogens (primary N) is 1. The zero-order valence-corrected chi connectivity index (χ0v) is 12.3. The van der Waals surface area contributed by atoms with Gasteiger partial charge in [0, 0.05) is 16.1 Å². The Morgan fingerprint density at radius 2 is 2.16 bits per heavy atom. The summed E-state index contributed by atoms with van der Waals surface area (Å²) in [6.45, 7) is 2.22. The van der Waals surface area contributed by atoms with Crippen molar-refractivity contribution in [2.45, 2.75) is 57.4 Å². The van der Waals surface area contributed by atoms with E-state index in [2.05, 4.69) is 6.92 Å². The molecule has 0 saturated heterocycles. The molecule has 106 valence electrons. The quantitative estimate of drug-likeness (QED) is 0.775. The van der Waals surface area contributed by atoms with Crippen LogP contribution in [0, 0.1) is 11.7 Å². The van der Waals surface area contributed by atoms with Gasteiger partial charge in [0.05, 0.1) is 0 Å². The molecule has 1 aliphatic carbocycles. The van der Waals surface area contributed by atoms with Crippen LogP contribution in [0.2, 0.25) is 5.02 Å². The first-order valence-corrected chi connectivity index (χ1v) is 7.67. The Morgan fingerprint density at radius 1 is 1.37 bits per heavy atom. The van der Waals surface area contributed by atoms with E-state index in [0.717, 1.165) is 31.6 Å². The number of hydrogen-bond donors (Lipinski definition) is 1. The molecule has 0 aliphatic heterocycles. The Bertz CT molecular complexity index is 435. The van der Waals surface area contributed by atoms with Crippen LogP contribution < -0.4 is 5.73 Å². The summed E-state index contributed by atoms with van der Waals surface area (Å²) >= 11 is 5.82. The lowest BCUT2D eigenvalue weighted by atomic mass is 9.83. The van der Waals surface area contributed by atoms with Crippen LogP contribution in [0.4, 0.5) is 4.39 Å². The summed E-state index contributed by atoms with van der Waals surface area (Å²) in [4.78, 5) is 0. The Kier molecular flexibility index (Phi) is 4.86. The van der Waals surface area contributed by atoms with E-state index in [1.165, 1.54) is 25.3 Å². The zero-order chi connectivity index (χ0) is 13.9. The van der Waals surface area contributed by atoms with E-state index in [0.29, 0.717) is 10.6 Å². The molecule has 1 fully saturated rings. The molecule has 0 heterocycles. The monoisotopic (exact) mass is 283 g/mol. The maximum atomic E-state index is 14.1. The Labute approximate surface area is 120 Å².